The number of fused-ring (bicyclic) bond motifs is 1. The minimum absolute atomic E-state index is 0.0307. The third-order valence-corrected chi connectivity index (χ3v) is 7.04. The van der Waals surface area contributed by atoms with Gasteiger partial charge in [-0.25, -0.2) is 13.6 Å². The van der Waals surface area contributed by atoms with Crippen LogP contribution in [-0.2, 0) is 13.1 Å². The van der Waals surface area contributed by atoms with Gasteiger partial charge in [-0.1, -0.05) is 18.2 Å². The molecule has 2 aromatic rings. The summed E-state index contributed by atoms with van der Waals surface area (Å²) >= 11 is 0. The maximum Gasteiger partial charge on any atom is 0.318 e. The molecule has 7 heteroatoms. The van der Waals surface area contributed by atoms with Crippen molar-refractivity contribution in [2.45, 2.75) is 69.8 Å². The number of hydrogen-bond acceptors (Lipinski definition) is 3. The van der Waals surface area contributed by atoms with E-state index in [0.29, 0.717) is 24.3 Å². The number of halogens is 2. The quantitative estimate of drug-likeness (QED) is 0.650. The van der Waals surface area contributed by atoms with Crippen molar-refractivity contribution in [2.24, 2.45) is 0 Å². The maximum atomic E-state index is 14.4. The molecular weight excluding hydrogens is 424 g/mol. The number of nitrogens with one attached hydrogen (secondary N) is 1. The first-order chi connectivity index (χ1) is 16.0. The number of urea groups is 1. The lowest BCUT2D eigenvalue weighted by Crippen LogP contribution is -2.52. The third-order valence-electron chi connectivity index (χ3n) is 7.04. The fourth-order valence-electron chi connectivity index (χ4n) is 5.03. The van der Waals surface area contributed by atoms with Crippen LogP contribution in [0.25, 0.3) is 0 Å². The first kappa shape index (κ1) is 22.1. The summed E-state index contributed by atoms with van der Waals surface area (Å²) in [6.07, 6.45) is 6.67. The summed E-state index contributed by atoms with van der Waals surface area (Å²) in [6.45, 7) is 2.58. The van der Waals surface area contributed by atoms with Gasteiger partial charge in [-0.15, -0.1) is 0 Å². The molecule has 0 spiro atoms. The van der Waals surface area contributed by atoms with Crippen molar-refractivity contribution in [3.8, 4) is 5.75 Å². The highest BCUT2D eigenvalue weighted by atomic mass is 19.1. The summed E-state index contributed by atoms with van der Waals surface area (Å²) in [5.41, 5.74) is 1.31. The molecule has 0 radical (unpaired) electrons. The van der Waals surface area contributed by atoms with Gasteiger partial charge in [0.2, 0.25) is 0 Å². The van der Waals surface area contributed by atoms with Gasteiger partial charge in [0.15, 0.2) is 0 Å². The molecular formula is C26H31F2N3O2. The van der Waals surface area contributed by atoms with Crippen molar-refractivity contribution in [2.75, 3.05) is 13.1 Å². The number of piperidine rings is 1. The van der Waals surface area contributed by atoms with Gasteiger partial charge >= 0.3 is 6.03 Å². The lowest BCUT2D eigenvalue weighted by Gasteiger charge is -2.40. The summed E-state index contributed by atoms with van der Waals surface area (Å²) in [4.78, 5) is 17.5. The highest BCUT2D eigenvalue weighted by Gasteiger charge is 2.36. The molecule has 5 nitrogen and oxygen atoms in total. The van der Waals surface area contributed by atoms with Gasteiger partial charge in [0.1, 0.15) is 17.4 Å². The number of rotatable bonds is 7. The van der Waals surface area contributed by atoms with Crippen molar-refractivity contribution >= 4 is 6.03 Å². The van der Waals surface area contributed by atoms with Crippen molar-refractivity contribution in [3.05, 3.63) is 65.2 Å². The number of benzene rings is 2. The molecule has 1 saturated carbocycles. The number of carbonyl (C=O) groups excluding carboxylic acids is 1. The number of carbonyl (C=O) groups is 1. The SMILES string of the molecule is O=C(NCc1ccc(OC2CC2)cc1)N(Cc1ccc(F)cc1F)[C@@H]1CCN2CCC[C@H]2C1. The van der Waals surface area contributed by atoms with Crippen LogP contribution >= 0.6 is 0 Å². The van der Waals surface area contributed by atoms with E-state index in [1.54, 1.807) is 4.90 Å². The standard InChI is InChI=1S/C26H31F2N3O2/c27-20-6-5-19(25(28)14-20)17-31(22-11-13-30-12-1-2-21(30)15-22)26(32)29-16-18-3-7-23(8-4-18)33-24-9-10-24/h3-8,14,21-22,24H,1-2,9-13,15-17H2,(H,29,32)/t21-,22+/m0/s1. The lowest BCUT2D eigenvalue weighted by molar-refractivity contribution is 0.0973. The van der Waals surface area contributed by atoms with Gasteiger partial charge in [-0.2, -0.15) is 0 Å². The normalized spacial score (nSPS) is 22.6. The average molecular weight is 456 g/mol. The second kappa shape index (κ2) is 9.67. The lowest BCUT2D eigenvalue weighted by atomic mass is 9.96. The van der Waals surface area contributed by atoms with Crippen molar-refractivity contribution in [1.82, 2.24) is 15.1 Å². The third kappa shape index (κ3) is 5.46. The zero-order chi connectivity index (χ0) is 22.8. The van der Waals surface area contributed by atoms with E-state index in [1.807, 2.05) is 24.3 Å². The average Bonchev–Trinajstić information content (AvgIpc) is 3.50. The number of ether oxygens (including phenoxy) is 1. The highest BCUT2D eigenvalue weighted by Crippen LogP contribution is 2.31. The Bertz CT molecular complexity index is 980. The Labute approximate surface area is 193 Å². The summed E-state index contributed by atoms with van der Waals surface area (Å²) in [5.74, 6) is -0.373. The summed E-state index contributed by atoms with van der Waals surface area (Å²) in [5, 5.41) is 3.02. The van der Waals surface area contributed by atoms with Crippen LogP contribution in [0, 0.1) is 11.6 Å². The van der Waals surface area contributed by atoms with E-state index in [2.05, 4.69) is 10.2 Å². The Kier molecular flexibility index (Phi) is 6.49. The molecule has 2 aromatic carbocycles. The minimum atomic E-state index is -0.614. The molecule has 0 unspecified atom stereocenters. The van der Waals surface area contributed by atoms with Gasteiger partial charge in [0.25, 0.3) is 0 Å². The molecule has 1 N–H and O–H groups in total. The van der Waals surface area contributed by atoms with Crippen LogP contribution in [0.1, 0.15) is 49.7 Å². The van der Waals surface area contributed by atoms with Gasteiger partial charge in [0.05, 0.1) is 12.6 Å². The van der Waals surface area contributed by atoms with Gasteiger partial charge in [-0.05, 0) is 68.8 Å². The number of hydrogen-bond donors (Lipinski definition) is 1. The molecule has 33 heavy (non-hydrogen) atoms. The predicted octanol–water partition coefficient (Wildman–Crippen LogP) is 4.84. The molecule has 2 saturated heterocycles. The molecule has 1 aliphatic carbocycles. The Morgan fingerprint density at radius 1 is 1.06 bits per heavy atom. The number of amides is 2. The van der Waals surface area contributed by atoms with Crippen molar-refractivity contribution in [3.63, 3.8) is 0 Å². The van der Waals surface area contributed by atoms with Gasteiger partial charge in [-0.3, -0.25) is 0 Å². The van der Waals surface area contributed by atoms with E-state index >= 15 is 0 Å². The fraction of sp³-hybridized carbons (Fsp3) is 0.500. The van der Waals surface area contributed by atoms with E-state index in [4.69, 9.17) is 4.74 Å². The molecule has 176 valence electrons. The van der Waals surface area contributed by atoms with Crippen LogP contribution in [0.15, 0.2) is 42.5 Å². The van der Waals surface area contributed by atoms with Crippen LogP contribution in [0.5, 0.6) is 5.75 Å². The largest absolute Gasteiger partial charge is 0.490 e. The molecule has 2 aliphatic heterocycles. The molecule has 2 heterocycles. The number of nitrogens with zero attached hydrogens (tertiary/aromatic N) is 2. The van der Waals surface area contributed by atoms with Crippen LogP contribution < -0.4 is 10.1 Å². The fourth-order valence-corrected chi connectivity index (χ4v) is 5.03. The van der Waals surface area contributed by atoms with Gasteiger partial charge < -0.3 is 19.9 Å². The Morgan fingerprint density at radius 2 is 1.88 bits per heavy atom. The van der Waals surface area contributed by atoms with Crippen molar-refractivity contribution < 1.29 is 18.3 Å². The Morgan fingerprint density at radius 3 is 2.64 bits per heavy atom. The second-order valence-corrected chi connectivity index (χ2v) is 9.49. The predicted molar refractivity (Wildman–Crippen MR) is 122 cm³/mol. The van der Waals surface area contributed by atoms with E-state index in [1.165, 1.54) is 18.6 Å². The van der Waals surface area contributed by atoms with E-state index in [9.17, 15) is 13.6 Å². The summed E-state index contributed by atoms with van der Waals surface area (Å²) < 4.78 is 33.6. The zero-order valence-corrected chi connectivity index (χ0v) is 18.8. The van der Waals surface area contributed by atoms with E-state index in [-0.39, 0.29) is 18.6 Å². The minimum Gasteiger partial charge on any atom is -0.490 e. The summed E-state index contributed by atoms with van der Waals surface area (Å²) in [7, 11) is 0. The van der Waals surface area contributed by atoms with Crippen LogP contribution in [0.2, 0.25) is 0 Å². The molecule has 3 aliphatic rings. The summed E-state index contributed by atoms with van der Waals surface area (Å²) in [6, 6.07) is 11.7. The second-order valence-electron chi connectivity index (χ2n) is 9.49. The molecule has 2 amide bonds. The maximum absolute atomic E-state index is 14.4. The molecule has 2 atom stereocenters. The van der Waals surface area contributed by atoms with Gasteiger partial charge in [0, 0.05) is 36.8 Å². The van der Waals surface area contributed by atoms with Crippen LogP contribution in [-0.4, -0.2) is 47.1 Å². The Hall–Kier alpha value is -2.67. The molecule has 0 bridgehead atoms. The first-order valence-electron chi connectivity index (χ1n) is 12.0. The zero-order valence-electron chi connectivity index (χ0n) is 18.8. The van der Waals surface area contributed by atoms with E-state index in [0.717, 1.165) is 62.6 Å². The topological polar surface area (TPSA) is 44.8 Å². The van der Waals surface area contributed by atoms with Crippen LogP contribution in [0.4, 0.5) is 13.6 Å². The van der Waals surface area contributed by atoms with Crippen LogP contribution in [0.3, 0.4) is 0 Å². The Balaban J connectivity index is 1.26. The molecule has 3 fully saturated rings. The highest BCUT2D eigenvalue weighted by molar-refractivity contribution is 5.74. The van der Waals surface area contributed by atoms with Crippen molar-refractivity contribution in [1.29, 1.82) is 0 Å². The monoisotopic (exact) mass is 455 g/mol. The first-order valence-corrected chi connectivity index (χ1v) is 12.0. The molecule has 0 aromatic heterocycles. The smallest absolute Gasteiger partial charge is 0.318 e. The van der Waals surface area contributed by atoms with E-state index < -0.39 is 11.6 Å². The molecule has 5 rings (SSSR count).